The summed E-state index contributed by atoms with van der Waals surface area (Å²) in [7, 11) is 0. The molecule has 1 aliphatic rings. The van der Waals surface area contributed by atoms with Crippen LogP contribution in [0, 0.1) is 0 Å². The van der Waals surface area contributed by atoms with E-state index in [0.29, 0.717) is 16.8 Å². The molecule has 0 fully saturated rings. The van der Waals surface area contributed by atoms with Crippen molar-refractivity contribution in [2.75, 3.05) is 5.32 Å². The zero-order valence-corrected chi connectivity index (χ0v) is 16.6. The summed E-state index contributed by atoms with van der Waals surface area (Å²) in [6, 6.07) is 18.2. The Kier molecular flexibility index (Phi) is 4.66. The van der Waals surface area contributed by atoms with E-state index in [1.54, 1.807) is 12.2 Å². The first-order valence-corrected chi connectivity index (χ1v) is 9.84. The zero-order valence-electron chi connectivity index (χ0n) is 16.6. The summed E-state index contributed by atoms with van der Waals surface area (Å²) in [4.78, 5) is 12.3. The van der Waals surface area contributed by atoms with Gasteiger partial charge in [-0.15, -0.1) is 0 Å². The van der Waals surface area contributed by atoms with Crippen LogP contribution in [0.4, 0.5) is 18.9 Å². The fourth-order valence-electron chi connectivity index (χ4n) is 3.68. The van der Waals surface area contributed by atoms with E-state index in [1.807, 2.05) is 48.5 Å². The molecule has 0 bridgehead atoms. The van der Waals surface area contributed by atoms with E-state index in [-0.39, 0.29) is 5.91 Å². The minimum atomic E-state index is -4.35. The standard InChI is InChI=1S/C25H16F3N3O/c26-25(27,28)17-9-5-15(6-10-17)8-12-22-19-11-7-16(14-23(19)31-30-22)13-20-18-3-1-2-4-21(18)29-24(20)32/h1-14H,(H,29,32)(H,30,31)/b12-8+,20-13-. The SMILES string of the molecule is O=C1Nc2ccccc2/C1=C/c1ccc2c(/C=C/c3ccc(C(F)(F)F)cc3)n[nH]c2c1. The molecular formula is C25H16F3N3O. The highest BCUT2D eigenvalue weighted by atomic mass is 19.4. The molecule has 1 amide bonds. The lowest BCUT2D eigenvalue weighted by Gasteiger charge is -2.05. The van der Waals surface area contributed by atoms with Crippen molar-refractivity contribution in [1.29, 1.82) is 0 Å². The van der Waals surface area contributed by atoms with Crippen LogP contribution in [-0.2, 0) is 11.0 Å². The molecule has 0 saturated heterocycles. The molecule has 0 radical (unpaired) electrons. The predicted octanol–water partition coefficient (Wildman–Crippen LogP) is 6.24. The van der Waals surface area contributed by atoms with Crippen molar-refractivity contribution in [2.24, 2.45) is 0 Å². The fourth-order valence-corrected chi connectivity index (χ4v) is 3.68. The molecule has 0 atom stereocenters. The number of para-hydroxylation sites is 1. The maximum atomic E-state index is 12.7. The van der Waals surface area contributed by atoms with Crippen molar-refractivity contribution in [3.8, 4) is 0 Å². The Labute approximate surface area is 181 Å². The van der Waals surface area contributed by atoms with Crippen LogP contribution >= 0.6 is 0 Å². The molecule has 2 heterocycles. The van der Waals surface area contributed by atoms with Gasteiger partial charge in [0.2, 0.25) is 0 Å². The van der Waals surface area contributed by atoms with E-state index in [9.17, 15) is 18.0 Å². The van der Waals surface area contributed by atoms with Crippen LogP contribution in [0.3, 0.4) is 0 Å². The molecule has 4 aromatic rings. The van der Waals surface area contributed by atoms with Crippen LogP contribution in [0.2, 0.25) is 0 Å². The van der Waals surface area contributed by atoms with Gasteiger partial charge in [0.1, 0.15) is 0 Å². The van der Waals surface area contributed by atoms with E-state index < -0.39 is 11.7 Å². The highest BCUT2D eigenvalue weighted by Gasteiger charge is 2.29. The molecule has 1 aromatic heterocycles. The quantitative estimate of drug-likeness (QED) is 0.377. The number of carbonyl (C=O) groups excluding carboxylic acids is 1. The van der Waals surface area contributed by atoms with E-state index in [4.69, 9.17) is 0 Å². The molecule has 0 unspecified atom stereocenters. The average molecular weight is 431 g/mol. The lowest BCUT2D eigenvalue weighted by Crippen LogP contribution is -2.03. The number of hydrogen-bond donors (Lipinski definition) is 2. The smallest absolute Gasteiger partial charge is 0.321 e. The lowest BCUT2D eigenvalue weighted by molar-refractivity contribution is -0.137. The zero-order chi connectivity index (χ0) is 22.3. The van der Waals surface area contributed by atoms with Crippen LogP contribution in [0.1, 0.15) is 27.9 Å². The van der Waals surface area contributed by atoms with E-state index >= 15 is 0 Å². The number of H-pyrrole nitrogens is 1. The largest absolute Gasteiger partial charge is 0.416 e. The molecule has 32 heavy (non-hydrogen) atoms. The van der Waals surface area contributed by atoms with E-state index in [1.165, 1.54) is 12.1 Å². The summed E-state index contributed by atoms with van der Waals surface area (Å²) in [6.07, 6.45) is 0.944. The van der Waals surface area contributed by atoms with Gasteiger partial charge in [-0.25, -0.2) is 0 Å². The molecule has 2 N–H and O–H groups in total. The number of aromatic amines is 1. The third kappa shape index (κ3) is 3.69. The molecule has 0 saturated carbocycles. The summed E-state index contributed by atoms with van der Waals surface area (Å²) < 4.78 is 38.1. The number of rotatable bonds is 3. The maximum absolute atomic E-state index is 12.7. The Balaban J connectivity index is 1.41. The van der Waals surface area contributed by atoms with Crippen molar-refractivity contribution >= 4 is 46.3 Å². The van der Waals surface area contributed by atoms with Gasteiger partial charge in [0.15, 0.2) is 0 Å². The summed E-state index contributed by atoms with van der Waals surface area (Å²) in [5.74, 6) is -0.143. The number of benzene rings is 3. The van der Waals surface area contributed by atoms with Gasteiger partial charge in [0.05, 0.1) is 16.8 Å². The number of hydrogen-bond acceptors (Lipinski definition) is 2. The first-order valence-electron chi connectivity index (χ1n) is 9.84. The van der Waals surface area contributed by atoms with Crippen LogP contribution in [0.15, 0.2) is 66.7 Å². The van der Waals surface area contributed by atoms with Gasteiger partial charge in [-0.3, -0.25) is 9.89 Å². The monoisotopic (exact) mass is 431 g/mol. The number of amides is 1. The summed E-state index contributed by atoms with van der Waals surface area (Å²) >= 11 is 0. The van der Waals surface area contributed by atoms with Crippen molar-refractivity contribution < 1.29 is 18.0 Å². The second kappa shape index (κ2) is 7.53. The van der Waals surface area contributed by atoms with Gasteiger partial charge < -0.3 is 5.32 Å². The Bertz CT molecular complexity index is 1400. The van der Waals surface area contributed by atoms with Crippen LogP contribution in [0.25, 0.3) is 34.7 Å². The molecule has 158 valence electrons. The Morgan fingerprint density at radius 3 is 2.41 bits per heavy atom. The van der Waals surface area contributed by atoms with E-state index in [0.717, 1.165) is 39.8 Å². The van der Waals surface area contributed by atoms with Crippen LogP contribution in [-0.4, -0.2) is 16.1 Å². The Morgan fingerprint density at radius 1 is 0.875 bits per heavy atom. The van der Waals surface area contributed by atoms with Crippen molar-refractivity contribution in [1.82, 2.24) is 10.2 Å². The molecule has 1 aliphatic heterocycles. The number of anilines is 1. The third-order valence-electron chi connectivity index (χ3n) is 5.31. The topological polar surface area (TPSA) is 57.8 Å². The second-order valence-electron chi connectivity index (χ2n) is 7.42. The average Bonchev–Trinajstić information content (AvgIpc) is 3.32. The first-order chi connectivity index (χ1) is 15.4. The summed E-state index contributed by atoms with van der Waals surface area (Å²) in [6.45, 7) is 0. The Hall–Kier alpha value is -4.13. The number of carbonyl (C=O) groups is 1. The van der Waals surface area contributed by atoms with Gasteiger partial charge >= 0.3 is 6.18 Å². The van der Waals surface area contributed by atoms with Crippen LogP contribution < -0.4 is 5.32 Å². The predicted molar refractivity (Wildman–Crippen MR) is 119 cm³/mol. The molecule has 7 heteroatoms. The van der Waals surface area contributed by atoms with Gasteiger partial charge in [-0.2, -0.15) is 18.3 Å². The highest BCUT2D eigenvalue weighted by Crippen LogP contribution is 2.33. The Morgan fingerprint density at radius 2 is 1.62 bits per heavy atom. The normalized spacial score (nSPS) is 15.0. The molecule has 5 rings (SSSR count). The number of nitrogens with zero attached hydrogens (tertiary/aromatic N) is 1. The van der Waals surface area contributed by atoms with Gasteiger partial charge in [0, 0.05) is 22.2 Å². The van der Waals surface area contributed by atoms with Gasteiger partial charge in [-0.1, -0.05) is 42.5 Å². The summed E-state index contributed by atoms with van der Waals surface area (Å²) in [5.41, 5.74) is 4.52. The first kappa shape index (κ1) is 19.8. The fraction of sp³-hybridized carbons (Fsp3) is 0.0400. The number of aromatic nitrogens is 2. The number of halogens is 3. The minimum Gasteiger partial charge on any atom is -0.321 e. The number of nitrogens with one attached hydrogen (secondary N) is 2. The molecule has 3 aromatic carbocycles. The van der Waals surface area contributed by atoms with Gasteiger partial charge in [-0.05, 0) is 53.6 Å². The minimum absolute atomic E-state index is 0.143. The second-order valence-corrected chi connectivity index (χ2v) is 7.42. The van der Waals surface area contributed by atoms with Crippen LogP contribution in [0.5, 0.6) is 0 Å². The van der Waals surface area contributed by atoms with Gasteiger partial charge in [0.25, 0.3) is 5.91 Å². The molecular weight excluding hydrogens is 415 g/mol. The highest BCUT2D eigenvalue weighted by molar-refractivity contribution is 6.34. The number of fused-ring (bicyclic) bond motifs is 2. The van der Waals surface area contributed by atoms with Crippen molar-refractivity contribution in [3.05, 3.63) is 94.7 Å². The van der Waals surface area contributed by atoms with Crippen molar-refractivity contribution in [2.45, 2.75) is 6.18 Å². The lowest BCUT2D eigenvalue weighted by atomic mass is 10.0. The molecule has 4 nitrogen and oxygen atoms in total. The molecule has 0 spiro atoms. The maximum Gasteiger partial charge on any atom is 0.416 e. The van der Waals surface area contributed by atoms with Crippen molar-refractivity contribution in [3.63, 3.8) is 0 Å². The summed E-state index contributed by atoms with van der Waals surface area (Å²) in [5, 5.41) is 11.0. The van der Waals surface area contributed by atoms with E-state index in [2.05, 4.69) is 15.5 Å². The number of alkyl halides is 3. The third-order valence-corrected chi connectivity index (χ3v) is 5.31. The molecule has 0 aliphatic carbocycles.